The van der Waals surface area contributed by atoms with Gasteiger partial charge in [-0.3, -0.25) is 25.7 Å². The molecule has 0 radical (unpaired) electrons. The molecule has 3 aromatic rings. The molecule has 0 atom stereocenters. The van der Waals surface area contributed by atoms with E-state index in [0.29, 0.717) is 14.5 Å². The van der Waals surface area contributed by atoms with Crippen LogP contribution in [-0.2, 0) is 10.1 Å². The van der Waals surface area contributed by atoms with Gasteiger partial charge in [-0.25, -0.2) is 0 Å². The predicted molar refractivity (Wildman–Crippen MR) is 132 cm³/mol. The van der Waals surface area contributed by atoms with Crippen LogP contribution in [0.1, 0.15) is 11.1 Å². The Morgan fingerprint density at radius 2 is 1.59 bits per heavy atom. The fourth-order valence-corrected chi connectivity index (χ4v) is 5.21. The molecule has 0 aliphatic carbocycles. The van der Waals surface area contributed by atoms with E-state index < -0.39 is 31.3 Å². The molecular formula is C20H14Br2N4O7S. The maximum absolute atomic E-state index is 12.6. The average Bonchev–Trinajstić information content (AvgIpc) is 2.76. The van der Waals surface area contributed by atoms with Crippen LogP contribution in [0.5, 0.6) is 5.75 Å². The van der Waals surface area contributed by atoms with Gasteiger partial charge < -0.3 is 4.18 Å². The monoisotopic (exact) mass is 612 g/mol. The Balaban J connectivity index is 1.81. The van der Waals surface area contributed by atoms with Crippen molar-refractivity contribution in [2.24, 2.45) is 5.10 Å². The number of halogens is 2. The number of anilines is 1. The Morgan fingerprint density at radius 3 is 2.15 bits per heavy atom. The van der Waals surface area contributed by atoms with Crippen molar-refractivity contribution in [1.29, 1.82) is 0 Å². The lowest BCUT2D eigenvalue weighted by Crippen LogP contribution is -2.10. The molecule has 0 fully saturated rings. The Bertz CT molecular complexity index is 1390. The summed E-state index contributed by atoms with van der Waals surface area (Å²) in [7, 11) is -4.08. The highest BCUT2D eigenvalue weighted by Gasteiger charge is 2.21. The molecule has 0 unspecified atom stereocenters. The largest absolute Gasteiger partial charge is 0.377 e. The molecule has 3 aromatic carbocycles. The molecule has 14 heteroatoms. The molecule has 0 aliphatic heterocycles. The topological polar surface area (TPSA) is 154 Å². The number of hydrogen-bond donors (Lipinski definition) is 1. The van der Waals surface area contributed by atoms with Gasteiger partial charge in [0.2, 0.25) is 0 Å². The summed E-state index contributed by atoms with van der Waals surface area (Å²) >= 11 is 6.54. The number of nitro groups is 2. The number of hydrazone groups is 1. The summed E-state index contributed by atoms with van der Waals surface area (Å²) in [6, 6.07) is 12.4. The highest BCUT2D eigenvalue weighted by molar-refractivity contribution is 9.11. The summed E-state index contributed by atoms with van der Waals surface area (Å²) < 4.78 is 31.1. The van der Waals surface area contributed by atoms with E-state index in [4.69, 9.17) is 4.18 Å². The number of nitro benzene ring substituents is 2. The van der Waals surface area contributed by atoms with E-state index in [1.165, 1.54) is 36.5 Å². The van der Waals surface area contributed by atoms with Gasteiger partial charge in [0.1, 0.15) is 10.6 Å². The fourth-order valence-electron chi connectivity index (χ4n) is 2.65. The average molecular weight is 614 g/mol. The van der Waals surface area contributed by atoms with Crippen molar-refractivity contribution >= 4 is 65.3 Å². The molecule has 0 heterocycles. The van der Waals surface area contributed by atoms with E-state index in [1.54, 1.807) is 12.1 Å². The number of hydrogen-bond acceptors (Lipinski definition) is 9. The molecule has 0 aromatic heterocycles. The highest BCUT2D eigenvalue weighted by Crippen LogP contribution is 2.36. The van der Waals surface area contributed by atoms with Crippen molar-refractivity contribution in [3.05, 3.63) is 94.9 Å². The molecule has 0 saturated heterocycles. The van der Waals surface area contributed by atoms with E-state index in [0.717, 1.165) is 17.7 Å². The van der Waals surface area contributed by atoms with Crippen molar-refractivity contribution in [1.82, 2.24) is 0 Å². The minimum Gasteiger partial charge on any atom is -0.377 e. The molecule has 34 heavy (non-hydrogen) atoms. The van der Waals surface area contributed by atoms with Crippen molar-refractivity contribution in [2.75, 3.05) is 5.43 Å². The second-order valence-corrected chi connectivity index (χ2v) is 10.0. The van der Waals surface area contributed by atoms with Crippen LogP contribution < -0.4 is 9.61 Å². The van der Waals surface area contributed by atoms with E-state index in [2.05, 4.69) is 42.4 Å². The Labute approximate surface area is 210 Å². The van der Waals surface area contributed by atoms with Crippen LogP contribution >= 0.6 is 31.9 Å². The molecule has 1 N–H and O–H groups in total. The van der Waals surface area contributed by atoms with Crippen LogP contribution in [0, 0.1) is 27.2 Å². The minimum atomic E-state index is -4.08. The molecule has 11 nitrogen and oxygen atoms in total. The summed E-state index contributed by atoms with van der Waals surface area (Å²) in [5, 5.41) is 26.0. The Morgan fingerprint density at radius 1 is 0.971 bits per heavy atom. The summed E-state index contributed by atoms with van der Waals surface area (Å²) in [6.07, 6.45) is 1.32. The van der Waals surface area contributed by atoms with Crippen LogP contribution in [0.4, 0.5) is 17.1 Å². The molecule has 0 bridgehead atoms. The third-order valence-electron chi connectivity index (χ3n) is 4.31. The normalized spacial score (nSPS) is 11.4. The van der Waals surface area contributed by atoms with Crippen LogP contribution in [0.3, 0.4) is 0 Å². The lowest BCUT2D eigenvalue weighted by Gasteiger charge is -2.11. The van der Waals surface area contributed by atoms with Crippen LogP contribution in [0.25, 0.3) is 0 Å². The number of benzene rings is 3. The molecule has 0 spiro atoms. The first-order valence-corrected chi connectivity index (χ1v) is 12.2. The first-order valence-electron chi connectivity index (χ1n) is 9.20. The van der Waals surface area contributed by atoms with Crippen molar-refractivity contribution in [3.8, 4) is 5.75 Å². The van der Waals surface area contributed by atoms with Gasteiger partial charge in [-0.15, -0.1) is 0 Å². The quantitative estimate of drug-likeness (QED) is 0.150. The van der Waals surface area contributed by atoms with Gasteiger partial charge in [0.15, 0.2) is 5.75 Å². The second-order valence-electron chi connectivity index (χ2n) is 6.75. The number of nitrogens with one attached hydrogen (secondary N) is 1. The minimum absolute atomic E-state index is 0.00330. The predicted octanol–water partition coefficient (Wildman–Crippen LogP) is 5.55. The SMILES string of the molecule is Cc1ccc(S(=O)(=O)Oc2c(Br)cc(/C=N\Nc3ccc([N+](=O)[O-])cc3[N+](=O)[O-])cc2Br)cc1. The highest BCUT2D eigenvalue weighted by atomic mass is 79.9. The summed E-state index contributed by atoms with van der Waals surface area (Å²) in [5.41, 5.74) is 2.87. The van der Waals surface area contributed by atoms with Crippen LogP contribution in [0.2, 0.25) is 0 Å². The van der Waals surface area contributed by atoms with Gasteiger partial charge in [-0.2, -0.15) is 13.5 Å². The summed E-state index contributed by atoms with van der Waals surface area (Å²) in [6.45, 7) is 1.83. The third kappa shape index (κ3) is 5.95. The molecule has 0 saturated carbocycles. The first-order chi connectivity index (χ1) is 16.0. The molecule has 0 amide bonds. The van der Waals surface area contributed by atoms with Gasteiger partial charge in [-0.1, -0.05) is 17.7 Å². The molecule has 3 rings (SSSR count). The smallest absolute Gasteiger partial charge is 0.339 e. The van der Waals surface area contributed by atoms with E-state index in [-0.39, 0.29) is 16.3 Å². The second kappa shape index (κ2) is 10.3. The standard InChI is InChI=1S/C20H14Br2N4O7S/c1-12-2-5-15(6-3-12)34(31,32)33-20-16(21)8-13(9-17(20)22)11-23-24-18-7-4-14(25(27)28)10-19(18)26(29)30/h2-11,24H,1H3/b23-11-. The summed E-state index contributed by atoms with van der Waals surface area (Å²) in [5.74, 6) is 0.0247. The maximum Gasteiger partial charge on any atom is 0.339 e. The zero-order chi connectivity index (χ0) is 25.0. The summed E-state index contributed by atoms with van der Waals surface area (Å²) in [4.78, 5) is 20.5. The van der Waals surface area contributed by atoms with E-state index in [9.17, 15) is 28.6 Å². The Kier molecular flexibility index (Phi) is 7.64. The van der Waals surface area contributed by atoms with Gasteiger partial charge in [0.05, 0.1) is 31.1 Å². The van der Waals surface area contributed by atoms with Gasteiger partial charge in [-0.05, 0) is 74.7 Å². The van der Waals surface area contributed by atoms with Gasteiger partial charge in [0.25, 0.3) is 5.69 Å². The maximum atomic E-state index is 12.6. The van der Waals surface area contributed by atoms with Crippen LogP contribution in [0.15, 0.2) is 73.5 Å². The van der Waals surface area contributed by atoms with E-state index in [1.807, 2.05) is 6.92 Å². The fraction of sp³-hybridized carbons (Fsp3) is 0.0500. The molecular weight excluding hydrogens is 600 g/mol. The number of rotatable bonds is 8. The van der Waals surface area contributed by atoms with Gasteiger partial charge in [0, 0.05) is 6.07 Å². The van der Waals surface area contributed by atoms with Gasteiger partial charge >= 0.3 is 15.8 Å². The molecule has 176 valence electrons. The number of non-ortho nitro benzene ring substituents is 1. The molecule has 0 aliphatic rings. The number of nitrogens with zero attached hydrogens (tertiary/aromatic N) is 3. The van der Waals surface area contributed by atoms with Crippen molar-refractivity contribution in [2.45, 2.75) is 11.8 Å². The number of aryl methyl sites for hydroxylation is 1. The van der Waals surface area contributed by atoms with Crippen molar-refractivity contribution < 1.29 is 22.4 Å². The first kappa shape index (κ1) is 25.3. The van der Waals surface area contributed by atoms with Crippen LogP contribution in [-0.4, -0.2) is 24.5 Å². The van der Waals surface area contributed by atoms with Crippen molar-refractivity contribution in [3.63, 3.8) is 0 Å². The zero-order valence-electron chi connectivity index (χ0n) is 17.1. The lowest BCUT2D eigenvalue weighted by atomic mass is 10.2. The third-order valence-corrected chi connectivity index (χ3v) is 6.72. The Hall–Kier alpha value is -3.36. The van der Waals surface area contributed by atoms with E-state index >= 15 is 0 Å². The lowest BCUT2D eigenvalue weighted by molar-refractivity contribution is -0.393. The zero-order valence-corrected chi connectivity index (χ0v) is 21.1.